The molecule has 3 rings (SSSR count). The highest BCUT2D eigenvalue weighted by molar-refractivity contribution is 7.13. The number of anilines is 1. The molecule has 1 aromatic rings. The van der Waals surface area contributed by atoms with Crippen molar-refractivity contribution < 1.29 is 9.53 Å². The Bertz CT molecular complexity index is 554. The van der Waals surface area contributed by atoms with Gasteiger partial charge >= 0.3 is 0 Å². The molecule has 1 N–H and O–H groups in total. The molecule has 128 valence electrons. The van der Waals surface area contributed by atoms with Gasteiger partial charge in [0, 0.05) is 18.5 Å². The second kappa shape index (κ2) is 6.49. The average Bonchev–Trinajstić information content (AvgIpc) is 2.83. The molecule has 5 nitrogen and oxygen atoms in total. The molecule has 0 spiro atoms. The SMILES string of the molecule is CC(C)(C)Cc1csc(NC(=O)C2(N3CCOCC3)CCC2)n1. The summed E-state index contributed by atoms with van der Waals surface area (Å²) in [6, 6.07) is 0. The van der Waals surface area contributed by atoms with E-state index in [4.69, 9.17) is 4.74 Å². The highest BCUT2D eigenvalue weighted by atomic mass is 32.1. The van der Waals surface area contributed by atoms with E-state index in [1.54, 1.807) is 0 Å². The van der Waals surface area contributed by atoms with Crippen LogP contribution < -0.4 is 5.32 Å². The Hall–Kier alpha value is -0.980. The molecule has 1 aliphatic carbocycles. The number of nitrogens with one attached hydrogen (secondary N) is 1. The van der Waals surface area contributed by atoms with Crippen molar-refractivity contribution in [1.82, 2.24) is 9.88 Å². The van der Waals surface area contributed by atoms with Gasteiger partial charge in [0.15, 0.2) is 5.13 Å². The number of carbonyl (C=O) groups is 1. The number of nitrogens with zero attached hydrogens (tertiary/aromatic N) is 2. The molecule has 0 bridgehead atoms. The number of morpholine rings is 1. The van der Waals surface area contributed by atoms with Gasteiger partial charge in [-0.1, -0.05) is 20.8 Å². The lowest BCUT2D eigenvalue weighted by molar-refractivity contribution is -0.139. The predicted molar refractivity (Wildman–Crippen MR) is 92.9 cm³/mol. The van der Waals surface area contributed by atoms with Crippen molar-refractivity contribution in [3.8, 4) is 0 Å². The summed E-state index contributed by atoms with van der Waals surface area (Å²) in [7, 11) is 0. The number of ether oxygens (including phenoxy) is 1. The first-order chi connectivity index (χ1) is 10.9. The van der Waals surface area contributed by atoms with Gasteiger partial charge in [-0.05, 0) is 31.1 Å². The third-order valence-corrected chi connectivity index (χ3v) is 5.51. The average molecular weight is 337 g/mol. The lowest BCUT2D eigenvalue weighted by atomic mass is 9.74. The van der Waals surface area contributed by atoms with E-state index in [2.05, 4.69) is 41.4 Å². The predicted octanol–water partition coefficient (Wildman–Crippen LogP) is 2.93. The Morgan fingerprint density at radius 2 is 2.09 bits per heavy atom. The van der Waals surface area contributed by atoms with Crippen molar-refractivity contribution in [2.45, 2.75) is 52.0 Å². The van der Waals surface area contributed by atoms with E-state index in [1.165, 1.54) is 11.3 Å². The molecule has 23 heavy (non-hydrogen) atoms. The molecule has 1 aromatic heterocycles. The monoisotopic (exact) mass is 337 g/mol. The van der Waals surface area contributed by atoms with E-state index in [9.17, 15) is 4.79 Å². The summed E-state index contributed by atoms with van der Waals surface area (Å²) in [6.45, 7) is 9.75. The van der Waals surface area contributed by atoms with Crippen LogP contribution in [0.15, 0.2) is 5.38 Å². The van der Waals surface area contributed by atoms with Crippen LogP contribution in [0.25, 0.3) is 0 Å². The maximum atomic E-state index is 12.9. The number of carbonyl (C=O) groups excluding carboxylic acids is 1. The van der Waals surface area contributed by atoms with Crippen LogP contribution in [0.1, 0.15) is 45.7 Å². The van der Waals surface area contributed by atoms with Gasteiger partial charge in [-0.25, -0.2) is 4.98 Å². The van der Waals surface area contributed by atoms with Gasteiger partial charge in [-0.2, -0.15) is 0 Å². The van der Waals surface area contributed by atoms with Gasteiger partial charge < -0.3 is 10.1 Å². The molecular weight excluding hydrogens is 310 g/mol. The van der Waals surface area contributed by atoms with Crippen LogP contribution >= 0.6 is 11.3 Å². The van der Waals surface area contributed by atoms with Crippen LogP contribution in [0, 0.1) is 5.41 Å². The normalized spacial score (nSPS) is 21.7. The van der Waals surface area contributed by atoms with Crippen LogP contribution in [-0.2, 0) is 16.0 Å². The van der Waals surface area contributed by atoms with Crippen molar-refractivity contribution in [3.63, 3.8) is 0 Å². The first-order valence-corrected chi connectivity index (χ1v) is 9.36. The Labute approximate surface area is 142 Å². The lowest BCUT2D eigenvalue weighted by Crippen LogP contribution is -2.63. The zero-order valence-corrected chi connectivity index (χ0v) is 15.2. The molecule has 1 amide bonds. The van der Waals surface area contributed by atoms with Crippen molar-refractivity contribution in [2.75, 3.05) is 31.6 Å². The summed E-state index contributed by atoms with van der Waals surface area (Å²) in [6.07, 6.45) is 3.93. The topological polar surface area (TPSA) is 54.5 Å². The van der Waals surface area contributed by atoms with Gasteiger partial charge in [0.1, 0.15) is 5.54 Å². The van der Waals surface area contributed by atoms with Crippen LogP contribution in [0.5, 0.6) is 0 Å². The minimum absolute atomic E-state index is 0.113. The zero-order chi connectivity index (χ0) is 16.5. The first-order valence-electron chi connectivity index (χ1n) is 8.48. The summed E-state index contributed by atoms with van der Waals surface area (Å²) < 4.78 is 5.43. The Kier molecular flexibility index (Phi) is 4.76. The number of rotatable bonds is 4. The molecule has 1 aliphatic heterocycles. The van der Waals surface area contributed by atoms with Crippen LogP contribution in [0.2, 0.25) is 0 Å². The quantitative estimate of drug-likeness (QED) is 0.918. The van der Waals surface area contributed by atoms with Gasteiger partial charge in [0.25, 0.3) is 0 Å². The fourth-order valence-electron chi connectivity index (χ4n) is 3.39. The molecular formula is C17H27N3O2S. The lowest BCUT2D eigenvalue weighted by Gasteiger charge is -2.49. The van der Waals surface area contributed by atoms with Gasteiger partial charge in [0.05, 0.1) is 18.9 Å². The maximum absolute atomic E-state index is 12.9. The van der Waals surface area contributed by atoms with Crippen LogP contribution in [0.4, 0.5) is 5.13 Å². The minimum atomic E-state index is -0.334. The largest absolute Gasteiger partial charge is 0.379 e. The molecule has 2 fully saturated rings. The van der Waals surface area contributed by atoms with E-state index in [0.29, 0.717) is 0 Å². The standard InChI is InChI=1S/C17H27N3O2S/c1-16(2,3)11-13-12-23-15(18-13)19-14(21)17(5-4-6-17)20-7-9-22-10-8-20/h12H,4-11H2,1-3H3,(H,18,19,21). The summed E-state index contributed by atoms with van der Waals surface area (Å²) in [5.41, 5.74) is 0.935. The number of aromatic nitrogens is 1. The molecule has 6 heteroatoms. The molecule has 2 heterocycles. The van der Waals surface area contributed by atoms with Crippen molar-refractivity contribution in [3.05, 3.63) is 11.1 Å². The van der Waals surface area contributed by atoms with Crippen LogP contribution in [-0.4, -0.2) is 47.6 Å². The number of hydrogen-bond acceptors (Lipinski definition) is 5. The van der Waals surface area contributed by atoms with Crippen molar-refractivity contribution in [1.29, 1.82) is 0 Å². The fraction of sp³-hybridized carbons (Fsp3) is 0.765. The number of hydrogen-bond donors (Lipinski definition) is 1. The first kappa shape index (κ1) is 16.9. The summed E-state index contributed by atoms with van der Waals surface area (Å²) in [5, 5.41) is 5.86. The molecule has 0 radical (unpaired) electrons. The van der Waals surface area contributed by atoms with Crippen molar-refractivity contribution in [2.24, 2.45) is 5.41 Å². The Morgan fingerprint density at radius 1 is 1.39 bits per heavy atom. The molecule has 0 aromatic carbocycles. The molecule has 1 saturated carbocycles. The molecule has 2 aliphatic rings. The second-order valence-corrected chi connectivity index (χ2v) is 8.68. The zero-order valence-electron chi connectivity index (χ0n) is 14.4. The second-order valence-electron chi connectivity index (χ2n) is 7.82. The van der Waals surface area contributed by atoms with Gasteiger partial charge in [-0.3, -0.25) is 9.69 Å². The van der Waals surface area contributed by atoms with E-state index in [1.807, 2.05) is 0 Å². The van der Waals surface area contributed by atoms with E-state index in [-0.39, 0.29) is 16.9 Å². The molecule has 0 unspecified atom stereocenters. The number of thiazole rings is 1. The third kappa shape index (κ3) is 3.75. The number of amides is 1. The fourth-order valence-corrected chi connectivity index (χ4v) is 4.10. The smallest absolute Gasteiger partial charge is 0.246 e. The highest BCUT2D eigenvalue weighted by Gasteiger charge is 2.49. The summed E-state index contributed by atoms with van der Waals surface area (Å²) in [5.74, 6) is 0.113. The molecule has 0 atom stereocenters. The highest BCUT2D eigenvalue weighted by Crippen LogP contribution is 2.39. The Balaban J connectivity index is 1.66. The van der Waals surface area contributed by atoms with E-state index >= 15 is 0 Å². The van der Waals surface area contributed by atoms with Crippen molar-refractivity contribution >= 4 is 22.4 Å². The van der Waals surface area contributed by atoms with Crippen LogP contribution in [0.3, 0.4) is 0 Å². The maximum Gasteiger partial charge on any atom is 0.246 e. The summed E-state index contributed by atoms with van der Waals surface area (Å²) >= 11 is 1.53. The summed E-state index contributed by atoms with van der Waals surface area (Å²) in [4.78, 5) is 19.8. The Morgan fingerprint density at radius 3 is 2.65 bits per heavy atom. The molecule has 1 saturated heterocycles. The third-order valence-electron chi connectivity index (χ3n) is 4.70. The van der Waals surface area contributed by atoms with Gasteiger partial charge in [-0.15, -0.1) is 11.3 Å². The minimum Gasteiger partial charge on any atom is -0.379 e. The van der Waals surface area contributed by atoms with E-state index in [0.717, 1.165) is 62.8 Å². The van der Waals surface area contributed by atoms with Gasteiger partial charge in [0.2, 0.25) is 5.91 Å². The van der Waals surface area contributed by atoms with E-state index < -0.39 is 0 Å².